The van der Waals surface area contributed by atoms with E-state index in [0.29, 0.717) is 23.2 Å². The fraction of sp³-hybridized carbons (Fsp3) is 0.500. The Hall–Kier alpha value is -0.630. The van der Waals surface area contributed by atoms with Gasteiger partial charge in [0, 0.05) is 23.2 Å². The maximum atomic E-state index is 12.6. The van der Waals surface area contributed by atoms with Gasteiger partial charge in [0.15, 0.2) is 0 Å². The first kappa shape index (κ1) is 14.8. The first-order valence-corrected chi connectivity index (χ1v) is 8.24. The lowest BCUT2D eigenvalue weighted by Gasteiger charge is -2.34. The maximum absolute atomic E-state index is 12.6. The van der Waals surface area contributed by atoms with E-state index in [1.165, 1.54) is 10.4 Å². The molecule has 1 aliphatic rings. The number of halogens is 1. The van der Waals surface area contributed by atoms with Crippen LogP contribution in [0.2, 0.25) is 0 Å². The van der Waals surface area contributed by atoms with Crippen LogP contribution in [0.1, 0.15) is 13.8 Å². The molecule has 2 unspecified atom stereocenters. The van der Waals surface area contributed by atoms with Crippen molar-refractivity contribution in [1.82, 2.24) is 4.31 Å². The predicted octanol–water partition coefficient (Wildman–Crippen LogP) is 1.83. The van der Waals surface area contributed by atoms with Gasteiger partial charge < -0.3 is 10.5 Å². The van der Waals surface area contributed by atoms with E-state index in [1.54, 1.807) is 12.1 Å². The molecule has 0 aliphatic carbocycles. The smallest absolute Gasteiger partial charge is 0.244 e. The van der Waals surface area contributed by atoms with Gasteiger partial charge in [-0.25, -0.2) is 8.42 Å². The molecule has 2 N–H and O–H groups in total. The summed E-state index contributed by atoms with van der Waals surface area (Å²) in [5.74, 6) is 0. The summed E-state index contributed by atoms with van der Waals surface area (Å²) < 4.78 is 32.7. The Morgan fingerprint density at radius 1 is 1.32 bits per heavy atom. The molecule has 5 nitrogen and oxygen atoms in total. The van der Waals surface area contributed by atoms with Crippen LogP contribution in [0.4, 0.5) is 5.69 Å². The molecule has 0 aromatic heterocycles. The van der Waals surface area contributed by atoms with Crippen LogP contribution in [-0.4, -0.2) is 38.0 Å². The molecule has 0 amide bonds. The van der Waals surface area contributed by atoms with E-state index in [1.807, 2.05) is 13.8 Å². The van der Waals surface area contributed by atoms with E-state index in [0.717, 1.165) is 0 Å². The third-order valence-corrected chi connectivity index (χ3v) is 5.77. The highest BCUT2D eigenvalue weighted by atomic mass is 79.9. The molecule has 0 spiro atoms. The summed E-state index contributed by atoms with van der Waals surface area (Å²) in [4.78, 5) is 0.239. The number of nitrogen functional groups attached to an aromatic ring is 1. The number of nitrogens with zero attached hydrogens (tertiary/aromatic N) is 1. The summed E-state index contributed by atoms with van der Waals surface area (Å²) in [7, 11) is -3.52. The van der Waals surface area contributed by atoms with E-state index < -0.39 is 10.0 Å². The number of benzene rings is 1. The third-order valence-electron chi connectivity index (χ3n) is 2.96. The standard InChI is InChI=1S/C12H17BrN2O3S/c1-8-6-15(7-9(2)18-8)19(16,17)12-4-3-10(14)5-11(12)13/h3-5,8-9H,6-7,14H2,1-2H3. The van der Waals surface area contributed by atoms with E-state index in [9.17, 15) is 8.42 Å². The van der Waals surface area contributed by atoms with Crippen molar-refractivity contribution in [3.63, 3.8) is 0 Å². The van der Waals surface area contributed by atoms with Crippen LogP contribution in [0, 0.1) is 0 Å². The normalized spacial score (nSPS) is 25.4. The van der Waals surface area contributed by atoms with Crippen molar-refractivity contribution >= 4 is 31.6 Å². The number of hydrogen-bond donors (Lipinski definition) is 1. The summed E-state index contributed by atoms with van der Waals surface area (Å²) in [6.07, 6.45) is -0.211. The van der Waals surface area contributed by atoms with Crippen LogP contribution in [0.25, 0.3) is 0 Å². The van der Waals surface area contributed by atoms with Gasteiger partial charge >= 0.3 is 0 Å². The number of ether oxygens (including phenoxy) is 1. The van der Waals surface area contributed by atoms with Gasteiger partial charge in [-0.1, -0.05) is 0 Å². The quantitative estimate of drug-likeness (QED) is 0.827. The van der Waals surface area contributed by atoms with Crippen molar-refractivity contribution < 1.29 is 13.2 Å². The Kier molecular flexibility index (Phi) is 4.20. The number of rotatable bonds is 2. The first-order valence-electron chi connectivity index (χ1n) is 6.01. The SMILES string of the molecule is CC1CN(S(=O)(=O)c2ccc(N)cc2Br)CC(C)O1. The minimum Gasteiger partial charge on any atom is -0.399 e. The summed E-state index contributed by atoms with van der Waals surface area (Å²) in [5, 5.41) is 0. The Labute approximate surface area is 121 Å². The molecule has 1 aromatic rings. The maximum Gasteiger partial charge on any atom is 0.244 e. The van der Waals surface area contributed by atoms with Gasteiger partial charge in [0.1, 0.15) is 0 Å². The van der Waals surface area contributed by atoms with Crippen LogP contribution in [-0.2, 0) is 14.8 Å². The van der Waals surface area contributed by atoms with Gasteiger partial charge in [-0.15, -0.1) is 0 Å². The molecule has 2 rings (SSSR count). The summed E-state index contributed by atoms with van der Waals surface area (Å²) in [6, 6.07) is 4.71. The van der Waals surface area contributed by atoms with Crippen molar-refractivity contribution in [2.75, 3.05) is 18.8 Å². The predicted molar refractivity (Wildman–Crippen MR) is 77.3 cm³/mol. The molecule has 19 heavy (non-hydrogen) atoms. The molecule has 1 aromatic carbocycles. The molecule has 1 heterocycles. The highest BCUT2D eigenvalue weighted by Crippen LogP contribution is 2.28. The topological polar surface area (TPSA) is 72.6 Å². The lowest BCUT2D eigenvalue weighted by Crippen LogP contribution is -2.48. The second kappa shape index (κ2) is 5.40. The van der Waals surface area contributed by atoms with Crippen molar-refractivity contribution in [2.24, 2.45) is 0 Å². The Balaban J connectivity index is 2.36. The first-order chi connectivity index (χ1) is 8.80. The lowest BCUT2D eigenvalue weighted by atomic mass is 10.3. The Morgan fingerprint density at radius 3 is 2.42 bits per heavy atom. The minimum atomic E-state index is -3.52. The van der Waals surface area contributed by atoms with Crippen molar-refractivity contribution in [3.05, 3.63) is 22.7 Å². The summed E-state index contributed by atoms with van der Waals surface area (Å²) >= 11 is 3.26. The second-order valence-electron chi connectivity index (χ2n) is 4.77. The monoisotopic (exact) mass is 348 g/mol. The summed E-state index contributed by atoms with van der Waals surface area (Å²) in [6.45, 7) is 4.47. The van der Waals surface area contributed by atoms with Gasteiger partial charge in [-0.3, -0.25) is 0 Å². The number of hydrogen-bond acceptors (Lipinski definition) is 4. The zero-order valence-electron chi connectivity index (χ0n) is 10.8. The minimum absolute atomic E-state index is 0.105. The van der Waals surface area contributed by atoms with E-state index in [4.69, 9.17) is 10.5 Å². The molecule has 2 atom stereocenters. The Bertz CT molecular complexity index is 566. The zero-order valence-corrected chi connectivity index (χ0v) is 13.2. The number of morpholine rings is 1. The highest BCUT2D eigenvalue weighted by Gasteiger charge is 2.33. The Morgan fingerprint density at radius 2 is 1.89 bits per heavy atom. The largest absolute Gasteiger partial charge is 0.399 e. The van der Waals surface area contributed by atoms with Crippen molar-refractivity contribution in [2.45, 2.75) is 31.0 Å². The van der Waals surface area contributed by atoms with Crippen LogP contribution < -0.4 is 5.73 Å². The van der Waals surface area contributed by atoms with Crippen LogP contribution >= 0.6 is 15.9 Å². The fourth-order valence-electron chi connectivity index (χ4n) is 2.19. The third kappa shape index (κ3) is 3.10. The van der Waals surface area contributed by atoms with Crippen molar-refractivity contribution in [1.29, 1.82) is 0 Å². The van der Waals surface area contributed by atoms with Crippen LogP contribution in [0.3, 0.4) is 0 Å². The number of sulfonamides is 1. The molecule has 0 saturated carbocycles. The van der Waals surface area contributed by atoms with E-state index >= 15 is 0 Å². The molecule has 0 bridgehead atoms. The highest BCUT2D eigenvalue weighted by molar-refractivity contribution is 9.10. The van der Waals surface area contributed by atoms with Crippen LogP contribution in [0.5, 0.6) is 0 Å². The van der Waals surface area contributed by atoms with Gasteiger partial charge in [-0.05, 0) is 48.0 Å². The number of nitrogens with two attached hydrogens (primary N) is 1. The average Bonchev–Trinajstić information content (AvgIpc) is 2.26. The fourth-order valence-corrected chi connectivity index (χ4v) is 4.84. The van der Waals surface area contributed by atoms with Crippen molar-refractivity contribution in [3.8, 4) is 0 Å². The molecule has 1 aliphatic heterocycles. The van der Waals surface area contributed by atoms with E-state index in [-0.39, 0.29) is 17.1 Å². The molecular formula is C12H17BrN2O3S. The van der Waals surface area contributed by atoms with Gasteiger partial charge in [0.2, 0.25) is 10.0 Å². The van der Waals surface area contributed by atoms with E-state index in [2.05, 4.69) is 15.9 Å². The van der Waals surface area contributed by atoms with Gasteiger partial charge in [-0.2, -0.15) is 4.31 Å². The lowest BCUT2D eigenvalue weighted by molar-refractivity contribution is -0.0440. The molecule has 1 fully saturated rings. The van der Waals surface area contributed by atoms with Gasteiger partial charge in [0.05, 0.1) is 17.1 Å². The molecule has 7 heteroatoms. The molecule has 106 valence electrons. The molecular weight excluding hydrogens is 332 g/mol. The molecule has 1 saturated heterocycles. The number of anilines is 1. The van der Waals surface area contributed by atoms with Crippen LogP contribution in [0.15, 0.2) is 27.6 Å². The second-order valence-corrected chi connectivity index (χ2v) is 7.53. The summed E-state index contributed by atoms with van der Waals surface area (Å²) in [5.41, 5.74) is 6.16. The zero-order chi connectivity index (χ0) is 14.2. The average molecular weight is 349 g/mol. The van der Waals surface area contributed by atoms with Gasteiger partial charge in [0.25, 0.3) is 0 Å². The molecule has 0 radical (unpaired) electrons.